The van der Waals surface area contributed by atoms with Crippen LogP contribution in [0.3, 0.4) is 0 Å². The lowest BCUT2D eigenvalue weighted by molar-refractivity contribution is -0.120. The quantitative estimate of drug-likeness (QED) is 0.609. The fraction of sp³-hybridized carbons (Fsp3) is 0.375. The minimum absolute atomic E-state index is 0.0751. The van der Waals surface area contributed by atoms with E-state index < -0.39 is 17.4 Å². The predicted molar refractivity (Wildman–Crippen MR) is 120 cm³/mol. The van der Waals surface area contributed by atoms with E-state index >= 15 is 0 Å². The van der Waals surface area contributed by atoms with Crippen LogP contribution in [-0.4, -0.2) is 30.3 Å². The molecule has 4 rings (SSSR count). The number of hydrogen-bond acceptors (Lipinski definition) is 4. The summed E-state index contributed by atoms with van der Waals surface area (Å²) in [6, 6.07) is 12.1. The van der Waals surface area contributed by atoms with Crippen LogP contribution in [0.5, 0.6) is 0 Å². The van der Waals surface area contributed by atoms with E-state index in [0.29, 0.717) is 24.2 Å². The zero-order chi connectivity index (χ0) is 22.4. The Balaban J connectivity index is 1.54. The van der Waals surface area contributed by atoms with Crippen molar-refractivity contribution in [1.29, 1.82) is 0 Å². The van der Waals surface area contributed by atoms with Gasteiger partial charge in [0, 0.05) is 23.5 Å². The number of primary amides is 1. The number of anilines is 2. The van der Waals surface area contributed by atoms with Crippen LogP contribution in [0.1, 0.15) is 48.7 Å². The average molecular weight is 421 g/mol. The zero-order valence-electron chi connectivity index (χ0n) is 18.0. The maximum absolute atomic E-state index is 13.0. The van der Waals surface area contributed by atoms with E-state index in [1.54, 1.807) is 24.3 Å². The van der Waals surface area contributed by atoms with Crippen LogP contribution >= 0.6 is 0 Å². The van der Waals surface area contributed by atoms with Gasteiger partial charge in [0.15, 0.2) is 0 Å². The lowest BCUT2D eigenvalue weighted by atomic mass is 9.78. The van der Waals surface area contributed by atoms with E-state index in [1.165, 1.54) is 5.56 Å². The third-order valence-electron chi connectivity index (χ3n) is 5.95. The van der Waals surface area contributed by atoms with Crippen molar-refractivity contribution in [2.45, 2.75) is 45.1 Å². The van der Waals surface area contributed by atoms with Gasteiger partial charge in [0.05, 0.1) is 11.5 Å². The van der Waals surface area contributed by atoms with E-state index in [-0.39, 0.29) is 17.2 Å². The fourth-order valence-electron chi connectivity index (χ4n) is 4.52. The van der Waals surface area contributed by atoms with Crippen LogP contribution < -0.4 is 21.7 Å². The Bertz CT molecular complexity index is 1070. The van der Waals surface area contributed by atoms with Gasteiger partial charge in [-0.25, -0.2) is 0 Å². The summed E-state index contributed by atoms with van der Waals surface area (Å²) in [5.41, 5.74) is 8.46. The van der Waals surface area contributed by atoms with Gasteiger partial charge in [-0.15, -0.1) is 0 Å². The van der Waals surface area contributed by atoms with Gasteiger partial charge in [0.25, 0.3) is 0 Å². The fourth-order valence-corrected chi connectivity index (χ4v) is 4.52. The summed E-state index contributed by atoms with van der Waals surface area (Å²) >= 11 is 0. The lowest BCUT2D eigenvalue weighted by Crippen LogP contribution is -2.36. The molecule has 3 amide bonds. The van der Waals surface area contributed by atoms with Crippen molar-refractivity contribution in [2.75, 3.05) is 17.2 Å². The normalized spacial score (nSPS) is 22.3. The van der Waals surface area contributed by atoms with Gasteiger partial charge in [-0.2, -0.15) is 0 Å². The Morgan fingerprint density at radius 1 is 1.19 bits per heavy atom. The average Bonchev–Trinajstić information content (AvgIpc) is 3.25. The molecule has 0 radical (unpaired) electrons. The summed E-state index contributed by atoms with van der Waals surface area (Å²) in [5.74, 6) is -0.876. The molecule has 0 saturated carbocycles. The first-order valence-electron chi connectivity index (χ1n) is 10.5. The molecule has 7 nitrogen and oxygen atoms in total. The molecule has 2 atom stereocenters. The molecule has 7 heteroatoms. The maximum atomic E-state index is 13.0. The summed E-state index contributed by atoms with van der Waals surface area (Å²) in [6.45, 7) is 6.95. The maximum Gasteiger partial charge on any atom is 0.248 e. The highest BCUT2D eigenvalue weighted by atomic mass is 16.2. The molecule has 1 fully saturated rings. The van der Waals surface area contributed by atoms with E-state index in [1.807, 2.05) is 6.07 Å². The summed E-state index contributed by atoms with van der Waals surface area (Å²) in [5, 5.41) is 9.03. The molecule has 0 bridgehead atoms. The summed E-state index contributed by atoms with van der Waals surface area (Å²) in [6.07, 6.45) is 1.27. The molecule has 2 heterocycles. The van der Waals surface area contributed by atoms with Crippen LogP contribution in [-0.2, 0) is 21.4 Å². The van der Waals surface area contributed by atoms with Gasteiger partial charge >= 0.3 is 0 Å². The van der Waals surface area contributed by atoms with Crippen LogP contribution in [0.4, 0.5) is 11.4 Å². The number of carbonyl (C=O) groups excluding carboxylic acids is 3. The van der Waals surface area contributed by atoms with E-state index in [9.17, 15) is 14.4 Å². The van der Waals surface area contributed by atoms with Crippen molar-refractivity contribution in [2.24, 2.45) is 11.1 Å². The number of carbonyl (C=O) groups is 3. The number of rotatable bonds is 4. The van der Waals surface area contributed by atoms with Crippen LogP contribution in [0.2, 0.25) is 0 Å². The molecule has 0 aromatic heterocycles. The molecule has 2 aliphatic heterocycles. The summed E-state index contributed by atoms with van der Waals surface area (Å²) in [7, 11) is 0. The third-order valence-corrected chi connectivity index (χ3v) is 5.95. The Morgan fingerprint density at radius 2 is 1.97 bits per heavy atom. The topological polar surface area (TPSA) is 113 Å². The van der Waals surface area contributed by atoms with Crippen molar-refractivity contribution in [3.63, 3.8) is 0 Å². The smallest absolute Gasteiger partial charge is 0.248 e. The Hall–Kier alpha value is -3.19. The van der Waals surface area contributed by atoms with E-state index in [4.69, 9.17) is 5.73 Å². The molecule has 2 unspecified atom stereocenters. The first-order valence-corrected chi connectivity index (χ1v) is 10.5. The second-order valence-electron chi connectivity index (χ2n) is 9.73. The highest BCUT2D eigenvalue weighted by Crippen LogP contribution is 2.44. The molecule has 2 aromatic rings. The van der Waals surface area contributed by atoms with Gasteiger partial charge in [-0.1, -0.05) is 39.0 Å². The Morgan fingerprint density at radius 3 is 2.68 bits per heavy atom. The second-order valence-corrected chi connectivity index (χ2v) is 9.73. The molecular formula is C24H28N4O3. The third kappa shape index (κ3) is 4.05. The highest BCUT2D eigenvalue weighted by Gasteiger charge is 2.53. The van der Waals surface area contributed by atoms with E-state index in [2.05, 4.69) is 48.9 Å². The monoisotopic (exact) mass is 420 g/mol. The Labute approximate surface area is 181 Å². The van der Waals surface area contributed by atoms with Crippen LogP contribution in [0.15, 0.2) is 42.5 Å². The van der Waals surface area contributed by atoms with Gasteiger partial charge in [0.1, 0.15) is 0 Å². The summed E-state index contributed by atoms with van der Waals surface area (Å²) in [4.78, 5) is 37.2. The number of nitrogens with one attached hydrogen (secondary N) is 3. The number of amides is 3. The lowest BCUT2D eigenvalue weighted by Gasteiger charge is -2.23. The minimum atomic E-state index is -0.764. The summed E-state index contributed by atoms with van der Waals surface area (Å²) < 4.78 is 0. The number of benzene rings is 2. The molecule has 162 valence electrons. The molecule has 5 N–H and O–H groups in total. The molecule has 0 aliphatic carbocycles. The molecule has 2 aliphatic rings. The zero-order valence-corrected chi connectivity index (χ0v) is 18.0. The standard InChI is InChI=1S/C24H28N4O3/c1-23(2,3)11-14-7-8-18-17(9-14)24(22(31)28-18)12-19(26-13-24)21(30)27-16-6-4-5-15(10-16)20(25)29/h4-10,19,26H,11-13H2,1-3H3,(H2,25,29)(H,27,30)(H,28,31). The number of fused-ring (bicyclic) bond motifs is 2. The van der Waals surface area contributed by atoms with Crippen molar-refractivity contribution >= 4 is 29.1 Å². The predicted octanol–water partition coefficient (Wildman–Crippen LogP) is 2.56. The molecule has 1 spiro atoms. The number of hydrogen-bond donors (Lipinski definition) is 4. The molecule has 1 saturated heterocycles. The van der Waals surface area contributed by atoms with Gasteiger partial charge in [-0.3, -0.25) is 14.4 Å². The van der Waals surface area contributed by atoms with Crippen LogP contribution in [0, 0.1) is 5.41 Å². The van der Waals surface area contributed by atoms with E-state index in [0.717, 1.165) is 17.7 Å². The van der Waals surface area contributed by atoms with Crippen molar-refractivity contribution < 1.29 is 14.4 Å². The molecule has 31 heavy (non-hydrogen) atoms. The molecule has 2 aromatic carbocycles. The Kier molecular flexibility index (Phi) is 5.09. The SMILES string of the molecule is CC(C)(C)Cc1ccc2c(c1)C1(CNC(C(=O)Nc3cccc(C(N)=O)c3)C1)C(=O)N2. The van der Waals surface area contributed by atoms with Gasteiger partial charge < -0.3 is 21.7 Å². The highest BCUT2D eigenvalue weighted by molar-refractivity contribution is 6.08. The largest absolute Gasteiger partial charge is 0.366 e. The first-order chi connectivity index (χ1) is 14.6. The first kappa shape index (κ1) is 21.1. The van der Waals surface area contributed by atoms with Crippen molar-refractivity contribution in [3.8, 4) is 0 Å². The van der Waals surface area contributed by atoms with Crippen molar-refractivity contribution in [1.82, 2.24) is 5.32 Å². The van der Waals surface area contributed by atoms with Crippen LogP contribution in [0.25, 0.3) is 0 Å². The molecular weight excluding hydrogens is 392 g/mol. The van der Waals surface area contributed by atoms with Gasteiger partial charge in [0.2, 0.25) is 17.7 Å². The number of nitrogens with two attached hydrogens (primary N) is 1. The van der Waals surface area contributed by atoms with Crippen molar-refractivity contribution in [3.05, 3.63) is 59.2 Å². The minimum Gasteiger partial charge on any atom is -0.366 e. The van der Waals surface area contributed by atoms with Gasteiger partial charge in [-0.05, 0) is 53.6 Å². The second kappa shape index (κ2) is 7.50.